The predicted octanol–water partition coefficient (Wildman–Crippen LogP) is 2.27. The van der Waals surface area contributed by atoms with Crippen LogP contribution in [0.1, 0.15) is 24.3 Å². The van der Waals surface area contributed by atoms with Gasteiger partial charge in [-0.2, -0.15) is 0 Å². The normalized spacial score (nSPS) is 16.0. The van der Waals surface area contributed by atoms with Gasteiger partial charge in [0.05, 0.1) is 7.11 Å². The molecule has 4 heteroatoms. The fourth-order valence-corrected chi connectivity index (χ4v) is 2.90. The molecule has 0 unspecified atom stereocenters. The number of nitrogens with zero attached hydrogens (tertiary/aromatic N) is 2. The fraction of sp³-hybridized carbons (Fsp3) is 0.353. The molecule has 2 heterocycles. The van der Waals surface area contributed by atoms with E-state index in [0.29, 0.717) is 11.4 Å². The van der Waals surface area contributed by atoms with Gasteiger partial charge >= 0.3 is 0 Å². The van der Waals surface area contributed by atoms with E-state index in [1.54, 1.807) is 13.3 Å². The summed E-state index contributed by atoms with van der Waals surface area (Å²) in [6, 6.07) is 12.4. The van der Waals surface area contributed by atoms with Crippen molar-refractivity contribution in [2.24, 2.45) is 0 Å². The average Bonchev–Trinajstić information content (AvgIpc) is 2.56. The minimum absolute atomic E-state index is 0.626. The van der Waals surface area contributed by atoms with Gasteiger partial charge in [0.2, 0.25) is 0 Å². The zero-order chi connectivity index (χ0) is 14.7. The number of pyridine rings is 1. The molecule has 21 heavy (non-hydrogen) atoms. The lowest BCUT2D eigenvalue weighted by Gasteiger charge is -2.33. The van der Waals surface area contributed by atoms with Gasteiger partial charge in [0.25, 0.3) is 0 Å². The van der Waals surface area contributed by atoms with E-state index in [1.807, 2.05) is 24.3 Å². The number of aromatic nitrogens is 1. The number of anilines is 1. The number of hydrogen-bond donors (Lipinski definition) is 0. The quantitative estimate of drug-likeness (QED) is 0.805. The molecule has 1 aliphatic rings. The van der Waals surface area contributed by atoms with Gasteiger partial charge in [0, 0.05) is 19.3 Å². The Kier molecular flexibility index (Phi) is 4.14. The van der Waals surface area contributed by atoms with Crippen LogP contribution in [-0.2, 0) is 0 Å². The minimum Gasteiger partial charge on any atom is -0.497 e. The minimum atomic E-state index is 0.626. The van der Waals surface area contributed by atoms with E-state index < -0.39 is 0 Å². The number of benzene rings is 1. The first-order valence-electron chi connectivity index (χ1n) is 7.36. The maximum atomic E-state index is 5.69. The molecule has 2 aromatic rings. The van der Waals surface area contributed by atoms with Crippen LogP contribution in [0, 0.1) is 0 Å². The Morgan fingerprint density at radius 3 is 2.38 bits per heavy atom. The van der Waals surface area contributed by atoms with Crippen LogP contribution in [-0.4, -0.2) is 33.0 Å². The lowest BCUT2D eigenvalue weighted by molar-refractivity contribution is 0.414. The standard InChI is InChI=1S/C17H19BN2O/c1-21-16-5-2-13(3-6-16)14-8-10-20(11-9-14)17-7-4-15(18)12-19-17/h2-7,12,14H,8-11H2,1H3. The Morgan fingerprint density at radius 2 is 1.81 bits per heavy atom. The van der Waals surface area contributed by atoms with Crippen LogP contribution in [0.25, 0.3) is 0 Å². The van der Waals surface area contributed by atoms with Crippen molar-refractivity contribution >= 4 is 19.1 Å². The summed E-state index contributed by atoms with van der Waals surface area (Å²) in [5.74, 6) is 2.57. The number of hydrogen-bond acceptors (Lipinski definition) is 3. The van der Waals surface area contributed by atoms with Crippen LogP contribution < -0.4 is 15.1 Å². The Balaban J connectivity index is 1.62. The monoisotopic (exact) mass is 278 g/mol. The highest BCUT2D eigenvalue weighted by atomic mass is 16.5. The molecule has 0 atom stereocenters. The summed E-state index contributed by atoms with van der Waals surface area (Å²) >= 11 is 0. The zero-order valence-electron chi connectivity index (χ0n) is 12.3. The Labute approximate surface area is 127 Å². The van der Waals surface area contributed by atoms with Crippen LogP contribution >= 0.6 is 0 Å². The molecular formula is C17H19BN2O. The van der Waals surface area contributed by atoms with Gasteiger partial charge in [-0.1, -0.05) is 23.7 Å². The third kappa shape index (κ3) is 3.21. The van der Waals surface area contributed by atoms with E-state index in [0.717, 1.165) is 37.5 Å². The Hall–Kier alpha value is -1.97. The van der Waals surface area contributed by atoms with Gasteiger partial charge in [0.15, 0.2) is 0 Å². The maximum absolute atomic E-state index is 5.69. The van der Waals surface area contributed by atoms with Crippen molar-refractivity contribution < 1.29 is 4.74 Å². The molecule has 0 spiro atoms. The van der Waals surface area contributed by atoms with Crippen molar-refractivity contribution in [3.8, 4) is 5.75 Å². The summed E-state index contributed by atoms with van der Waals surface area (Å²) < 4.78 is 5.21. The van der Waals surface area contributed by atoms with Crippen molar-refractivity contribution in [2.75, 3.05) is 25.1 Å². The third-order valence-electron chi connectivity index (χ3n) is 4.18. The van der Waals surface area contributed by atoms with Crippen LogP contribution in [0.15, 0.2) is 42.6 Å². The van der Waals surface area contributed by atoms with E-state index in [9.17, 15) is 0 Å². The number of methoxy groups -OCH3 is 1. The first-order valence-corrected chi connectivity index (χ1v) is 7.36. The van der Waals surface area contributed by atoms with Gasteiger partial charge in [-0.05, 0) is 42.5 Å². The summed E-state index contributed by atoms with van der Waals surface area (Å²) in [5, 5.41) is 0. The van der Waals surface area contributed by atoms with Gasteiger partial charge in [-0.25, -0.2) is 4.98 Å². The molecule has 1 fully saturated rings. The molecule has 3 nitrogen and oxygen atoms in total. The SMILES string of the molecule is [B]c1ccc(N2CCC(c3ccc(OC)cc3)CC2)nc1. The van der Waals surface area contributed by atoms with E-state index >= 15 is 0 Å². The molecule has 0 aliphatic carbocycles. The lowest BCUT2D eigenvalue weighted by Crippen LogP contribution is -2.33. The van der Waals surface area contributed by atoms with Crippen molar-refractivity contribution in [1.29, 1.82) is 0 Å². The van der Waals surface area contributed by atoms with Gasteiger partial charge in [-0.15, -0.1) is 0 Å². The molecule has 0 saturated carbocycles. The number of piperidine rings is 1. The lowest BCUT2D eigenvalue weighted by atomic mass is 9.89. The smallest absolute Gasteiger partial charge is 0.128 e. The second-order valence-electron chi connectivity index (χ2n) is 5.48. The molecule has 106 valence electrons. The van der Waals surface area contributed by atoms with Crippen LogP contribution in [0.5, 0.6) is 5.75 Å². The molecule has 3 rings (SSSR count). The molecule has 0 amide bonds. The van der Waals surface area contributed by atoms with Crippen molar-refractivity contribution in [2.45, 2.75) is 18.8 Å². The highest BCUT2D eigenvalue weighted by molar-refractivity contribution is 6.32. The number of rotatable bonds is 3. The summed E-state index contributed by atoms with van der Waals surface area (Å²) in [7, 11) is 7.39. The highest BCUT2D eigenvalue weighted by Crippen LogP contribution is 2.30. The number of ether oxygens (including phenoxy) is 1. The second kappa shape index (κ2) is 6.21. The first kappa shape index (κ1) is 14.0. The topological polar surface area (TPSA) is 25.4 Å². The Morgan fingerprint density at radius 1 is 1.10 bits per heavy atom. The fourth-order valence-electron chi connectivity index (χ4n) is 2.90. The van der Waals surface area contributed by atoms with E-state index in [-0.39, 0.29) is 0 Å². The molecule has 0 bridgehead atoms. The largest absolute Gasteiger partial charge is 0.497 e. The molecule has 1 saturated heterocycles. The van der Waals surface area contributed by atoms with Crippen LogP contribution in [0.2, 0.25) is 0 Å². The van der Waals surface area contributed by atoms with Crippen molar-refractivity contribution in [3.63, 3.8) is 0 Å². The molecule has 1 aromatic carbocycles. The summed E-state index contributed by atoms with van der Waals surface area (Å²) in [5.41, 5.74) is 2.12. The maximum Gasteiger partial charge on any atom is 0.128 e. The van der Waals surface area contributed by atoms with E-state index in [4.69, 9.17) is 12.6 Å². The van der Waals surface area contributed by atoms with E-state index in [2.05, 4.69) is 22.0 Å². The van der Waals surface area contributed by atoms with Gasteiger partial charge < -0.3 is 9.64 Å². The molecule has 1 aliphatic heterocycles. The van der Waals surface area contributed by atoms with E-state index in [1.165, 1.54) is 5.56 Å². The van der Waals surface area contributed by atoms with Crippen LogP contribution in [0.4, 0.5) is 5.82 Å². The van der Waals surface area contributed by atoms with Gasteiger partial charge in [-0.3, -0.25) is 0 Å². The summed E-state index contributed by atoms with van der Waals surface area (Å²) in [6.07, 6.45) is 4.03. The summed E-state index contributed by atoms with van der Waals surface area (Å²) in [6.45, 7) is 2.07. The third-order valence-corrected chi connectivity index (χ3v) is 4.18. The van der Waals surface area contributed by atoms with Crippen LogP contribution in [0.3, 0.4) is 0 Å². The Bertz CT molecular complexity index is 575. The zero-order valence-corrected chi connectivity index (χ0v) is 12.3. The molecule has 0 N–H and O–H groups in total. The van der Waals surface area contributed by atoms with Crippen molar-refractivity contribution in [3.05, 3.63) is 48.2 Å². The second-order valence-corrected chi connectivity index (χ2v) is 5.48. The molecular weight excluding hydrogens is 259 g/mol. The summed E-state index contributed by atoms with van der Waals surface area (Å²) in [4.78, 5) is 6.74. The predicted molar refractivity (Wildman–Crippen MR) is 86.8 cm³/mol. The van der Waals surface area contributed by atoms with Crippen molar-refractivity contribution in [1.82, 2.24) is 4.98 Å². The van der Waals surface area contributed by atoms with Gasteiger partial charge in [0.1, 0.15) is 19.4 Å². The first-order chi connectivity index (χ1) is 10.3. The molecule has 2 radical (unpaired) electrons. The molecule has 1 aromatic heterocycles. The highest BCUT2D eigenvalue weighted by Gasteiger charge is 2.21. The average molecular weight is 278 g/mol.